The average molecular weight is 322 g/mol. The van der Waals surface area contributed by atoms with Crippen molar-refractivity contribution in [2.75, 3.05) is 0 Å². The molecule has 0 spiro atoms. The number of hydrogen-bond acceptors (Lipinski definition) is 4. The summed E-state index contributed by atoms with van der Waals surface area (Å²) >= 11 is 0. The van der Waals surface area contributed by atoms with E-state index in [4.69, 9.17) is 4.74 Å². The molecule has 120 valence electrons. The van der Waals surface area contributed by atoms with Gasteiger partial charge >= 0.3 is 12.1 Å². The van der Waals surface area contributed by atoms with Crippen LogP contribution in [0.25, 0.3) is 0 Å². The molecule has 0 aliphatic rings. The Kier molecular flexibility index (Phi) is 5.10. The van der Waals surface area contributed by atoms with Crippen LogP contribution >= 0.6 is 0 Å². The fourth-order valence-electron chi connectivity index (χ4n) is 1.62. The lowest BCUT2D eigenvalue weighted by Gasteiger charge is -2.05. The van der Waals surface area contributed by atoms with E-state index in [1.807, 2.05) is 0 Å². The molecular formula is C16H13F3N2O2. The van der Waals surface area contributed by atoms with Crippen LogP contribution in [0.5, 0.6) is 5.75 Å². The van der Waals surface area contributed by atoms with E-state index in [-0.39, 0.29) is 12.4 Å². The normalized spacial score (nSPS) is 11.7. The molecule has 0 atom stereocenters. The molecule has 0 radical (unpaired) electrons. The molecule has 0 fully saturated rings. The monoisotopic (exact) mass is 322 g/mol. The lowest BCUT2D eigenvalue weighted by atomic mass is 10.2. The van der Waals surface area contributed by atoms with Gasteiger partial charge < -0.3 is 4.74 Å². The first-order valence-corrected chi connectivity index (χ1v) is 6.78. The number of benzene rings is 2. The predicted octanol–water partition coefficient (Wildman–Crippen LogP) is 5.44. The maximum atomic E-state index is 12.4. The van der Waals surface area contributed by atoms with Crippen LogP contribution in [-0.2, 0) is 11.0 Å². The summed E-state index contributed by atoms with van der Waals surface area (Å²) in [6.45, 7) is 1.69. The first-order valence-electron chi connectivity index (χ1n) is 6.78. The quantitative estimate of drug-likeness (QED) is 0.428. The SMILES string of the molecule is CCC(=O)Oc1ccc(N=Nc2ccc(C(F)(F)F)cc2)cc1. The van der Waals surface area contributed by atoms with Gasteiger partial charge in [-0.2, -0.15) is 23.4 Å². The topological polar surface area (TPSA) is 51.0 Å². The van der Waals surface area contributed by atoms with E-state index < -0.39 is 11.7 Å². The number of halogens is 3. The zero-order valence-electron chi connectivity index (χ0n) is 12.2. The maximum Gasteiger partial charge on any atom is 0.416 e. The smallest absolute Gasteiger partial charge is 0.416 e. The second kappa shape index (κ2) is 7.04. The van der Waals surface area contributed by atoms with Gasteiger partial charge in [0, 0.05) is 6.42 Å². The highest BCUT2D eigenvalue weighted by atomic mass is 19.4. The first kappa shape index (κ1) is 16.7. The maximum absolute atomic E-state index is 12.4. The summed E-state index contributed by atoms with van der Waals surface area (Å²) in [5.74, 6) is 0.0504. The highest BCUT2D eigenvalue weighted by Gasteiger charge is 2.29. The van der Waals surface area contributed by atoms with Gasteiger partial charge in [-0.15, -0.1) is 0 Å². The number of rotatable bonds is 4. The second-order valence-corrected chi connectivity index (χ2v) is 4.57. The van der Waals surface area contributed by atoms with Gasteiger partial charge in [0.25, 0.3) is 0 Å². The van der Waals surface area contributed by atoms with E-state index in [1.54, 1.807) is 31.2 Å². The van der Waals surface area contributed by atoms with Crippen LogP contribution in [0.15, 0.2) is 58.8 Å². The molecule has 0 unspecified atom stereocenters. The summed E-state index contributed by atoms with van der Waals surface area (Å²) in [6.07, 6.45) is -4.10. The fraction of sp³-hybridized carbons (Fsp3) is 0.188. The Morgan fingerprint density at radius 1 is 0.957 bits per heavy atom. The average Bonchev–Trinajstić information content (AvgIpc) is 2.53. The van der Waals surface area contributed by atoms with Gasteiger partial charge in [0.15, 0.2) is 0 Å². The van der Waals surface area contributed by atoms with Crippen LogP contribution in [0, 0.1) is 0 Å². The van der Waals surface area contributed by atoms with Gasteiger partial charge in [-0.05, 0) is 48.5 Å². The molecule has 0 N–H and O–H groups in total. The largest absolute Gasteiger partial charge is 0.427 e. The molecular weight excluding hydrogens is 309 g/mol. The van der Waals surface area contributed by atoms with Crippen molar-refractivity contribution < 1.29 is 22.7 Å². The molecule has 2 aromatic rings. The third-order valence-electron chi connectivity index (χ3n) is 2.83. The number of nitrogens with zero attached hydrogens (tertiary/aromatic N) is 2. The Morgan fingerprint density at radius 3 is 1.87 bits per heavy atom. The van der Waals surface area contributed by atoms with Crippen molar-refractivity contribution in [2.24, 2.45) is 10.2 Å². The van der Waals surface area contributed by atoms with Crippen molar-refractivity contribution in [1.82, 2.24) is 0 Å². The van der Waals surface area contributed by atoms with E-state index in [1.165, 1.54) is 12.1 Å². The Labute approximate surface area is 130 Å². The highest BCUT2D eigenvalue weighted by molar-refractivity contribution is 5.72. The van der Waals surface area contributed by atoms with Crippen molar-refractivity contribution in [1.29, 1.82) is 0 Å². The lowest BCUT2D eigenvalue weighted by molar-refractivity contribution is -0.137. The predicted molar refractivity (Wildman–Crippen MR) is 78.0 cm³/mol. The number of azo groups is 1. The van der Waals surface area contributed by atoms with E-state index >= 15 is 0 Å². The number of hydrogen-bond donors (Lipinski definition) is 0. The zero-order chi connectivity index (χ0) is 16.9. The van der Waals surface area contributed by atoms with Crippen molar-refractivity contribution >= 4 is 17.3 Å². The standard InChI is InChI=1S/C16H13F3N2O2/c1-2-15(22)23-14-9-7-13(8-10-14)21-20-12-5-3-11(4-6-12)16(17,18)19/h3-10H,2H2,1H3. The van der Waals surface area contributed by atoms with Gasteiger partial charge in [0.1, 0.15) is 5.75 Å². The molecule has 4 nitrogen and oxygen atoms in total. The first-order chi connectivity index (χ1) is 10.9. The fourth-order valence-corrected chi connectivity index (χ4v) is 1.62. The molecule has 0 aliphatic heterocycles. The van der Waals surface area contributed by atoms with Gasteiger partial charge in [-0.25, -0.2) is 0 Å². The van der Waals surface area contributed by atoms with Crippen LogP contribution in [0.2, 0.25) is 0 Å². The third kappa shape index (κ3) is 4.91. The number of carbonyl (C=O) groups excluding carboxylic acids is 1. The van der Waals surface area contributed by atoms with Crippen LogP contribution in [0.1, 0.15) is 18.9 Å². The van der Waals surface area contributed by atoms with Crippen molar-refractivity contribution in [3.63, 3.8) is 0 Å². The van der Waals surface area contributed by atoms with Gasteiger partial charge in [-0.3, -0.25) is 4.79 Å². The van der Waals surface area contributed by atoms with Crippen LogP contribution < -0.4 is 4.74 Å². The molecule has 2 rings (SSSR count). The molecule has 2 aromatic carbocycles. The lowest BCUT2D eigenvalue weighted by Crippen LogP contribution is -2.04. The molecule has 0 aromatic heterocycles. The van der Waals surface area contributed by atoms with E-state index in [9.17, 15) is 18.0 Å². The van der Waals surface area contributed by atoms with E-state index in [0.29, 0.717) is 17.1 Å². The van der Waals surface area contributed by atoms with Gasteiger partial charge in [-0.1, -0.05) is 6.92 Å². The number of carbonyl (C=O) groups is 1. The van der Waals surface area contributed by atoms with Crippen molar-refractivity contribution in [3.05, 3.63) is 54.1 Å². The van der Waals surface area contributed by atoms with Crippen molar-refractivity contribution in [2.45, 2.75) is 19.5 Å². The van der Waals surface area contributed by atoms with Gasteiger partial charge in [0.05, 0.1) is 16.9 Å². The number of ether oxygens (including phenoxy) is 1. The van der Waals surface area contributed by atoms with Crippen LogP contribution in [0.3, 0.4) is 0 Å². The minimum atomic E-state index is -4.37. The van der Waals surface area contributed by atoms with E-state index in [2.05, 4.69) is 10.2 Å². The molecule has 23 heavy (non-hydrogen) atoms. The summed E-state index contributed by atoms with van der Waals surface area (Å²) in [4.78, 5) is 11.1. The number of alkyl halides is 3. The molecule has 0 amide bonds. The van der Waals surface area contributed by atoms with Crippen LogP contribution in [-0.4, -0.2) is 5.97 Å². The summed E-state index contributed by atoms with van der Waals surface area (Å²) in [7, 11) is 0. The third-order valence-corrected chi connectivity index (χ3v) is 2.83. The van der Waals surface area contributed by atoms with Gasteiger partial charge in [0.2, 0.25) is 0 Å². The Bertz CT molecular complexity index is 693. The minimum absolute atomic E-state index is 0.273. The van der Waals surface area contributed by atoms with Crippen LogP contribution in [0.4, 0.5) is 24.5 Å². The molecule has 0 saturated carbocycles. The molecule has 0 bridgehead atoms. The number of esters is 1. The summed E-state index contributed by atoms with van der Waals surface area (Å²) in [6, 6.07) is 10.7. The Hall–Kier alpha value is -2.70. The molecule has 0 heterocycles. The second-order valence-electron chi connectivity index (χ2n) is 4.57. The highest BCUT2D eigenvalue weighted by Crippen LogP contribution is 2.30. The summed E-state index contributed by atoms with van der Waals surface area (Å²) < 4.78 is 42.3. The van der Waals surface area contributed by atoms with Crippen molar-refractivity contribution in [3.8, 4) is 5.75 Å². The summed E-state index contributed by atoms with van der Waals surface area (Å²) in [5.41, 5.74) is 0.0548. The summed E-state index contributed by atoms with van der Waals surface area (Å²) in [5, 5.41) is 7.77. The molecule has 0 saturated heterocycles. The Balaban J connectivity index is 2.04. The molecule has 7 heteroatoms. The minimum Gasteiger partial charge on any atom is -0.427 e. The zero-order valence-corrected chi connectivity index (χ0v) is 12.2. The molecule has 0 aliphatic carbocycles. The van der Waals surface area contributed by atoms with E-state index in [0.717, 1.165) is 12.1 Å². The Morgan fingerprint density at radius 2 is 1.43 bits per heavy atom.